The van der Waals surface area contributed by atoms with Gasteiger partial charge in [0.05, 0.1) is 17.2 Å². The molecule has 2 aliphatic rings. The van der Waals surface area contributed by atoms with Crippen molar-refractivity contribution in [2.45, 2.75) is 63.8 Å². The first-order chi connectivity index (χ1) is 8.08. The summed E-state index contributed by atoms with van der Waals surface area (Å²) in [5.41, 5.74) is -1.46. The Morgan fingerprint density at radius 3 is 2.50 bits per heavy atom. The maximum absolute atomic E-state index is 12.4. The van der Waals surface area contributed by atoms with Crippen LogP contribution in [-0.2, 0) is 4.74 Å². The molecule has 5 heteroatoms. The lowest BCUT2D eigenvalue weighted by Crippen LogP contribution is -2.68. The van der Waals surface area contributed by atoms with Crippen LogP contribution in [0.2, 0.25) is 0 Å². The van der Waals surface area contributed by atoms with Crippen LogP contribution in [0.1, 0.15) is 41.0 Å². The fraction of sp³-hybridized carbons (Fsp3) is 0.923. The molecule has 0 aromatic carbocycles. The maximum Gasteiger partial charge on any atom is 0.411 e. The molecular formula is C13H24N2O3. The molecule has 0 radical (unpaired) electrons. The number of nitrogens with zero attached hydrogens (tertiary/aromatic N) is 1. The van der Waals surface area contributed by atoms with Crippen LogP contribution in [0.3, 0.4) is 0 Å². The molecule has 2 bridgehead atoms. The molecule has 104 valence electrons. The monoisotopic (exact) mass is 256 g/mol. The van der Waals surface area contributed by atoms with Crippen LogP contribution in [-0.4, -0.2) is 52.0 Å². The van der Waals surface area contributed by atoms with E-state index in [1.807, 2.05) is 34.6 Å². The Morgan fingerprint density at radius 2 is 2.00 bits per heavy atom. The number of aliphatic hydroxyl groups excluding tert-OH is 1. The van der Waals surface area contributed by atoms with Crippen molar-refractivity contribution < 1.29 is 14.6 Å². The first-order valence-corrected chi connectivity index (χ1v) is 6.51. The van der Waals surface area contributed by atoms with Gasteiger partial charge in [0.25, 0.3) is 0 Å². The van der Waals surface area contributed by atoms with Gasteiger partial charge in [0.1, 0.15) is 5.60 Å². The number of carbonyl (C=O) groups is 1. The van der Waals surface area contributed by atoms with E-state index in [0.717, 1.165) is 0 Å². The lowest BCUT2D eigenvalue weighted by atomic mass is 9.96. The predicted octanol–water partition coefficient (Wildman–Crippen LogP) is 1.11. The third-order valence-corrected chi connectivity index (χ3v) is 3.97. The van der Waals surface area contributed by atoms with Crippen molar-refractivity contribution in [2.75, 3.05) is 13.1 Å². The van der Waals surface area contributed by atoms with Gasteiger partial charge in [-0.3, -0.25) is 4.90 Å². The number of aliphatic hydroxyl groups is 1. The molecule has 0 aliphatic carbocycles. The zero-order valence-electron chi connectivity index (χ0n) is 11.9. The zero-order valence-corrected chi connectivity index (χ0v) is 11.9. The molecule has 2 N–H and O–H groups in total. The summed E-state index contributed by atoms with van der Waals surface area (Å²) in [6.45, 7) is 10.8. The predicted molar refractivity (Wildman–Crippen MR) is 68.4 cm³/mol. The first-order valence-electron chi connectivity index (χ1n) is 6.51. The highest BCUT2D eigenvalue weighted by molar-refractivity contribution is 5.71. The van der Waals surface area contributed by atoms with Crippen LogP contribution < -0.4 is 5.32 Å². The molecule has 0 spiro atoms. The van der Waals surface area contributed by atoms with Crippen LogP contribution >= 0.6 is 0 Å². The van der Waals surface area contributed by atoms with E-state index in [2.05, 4.69) is 5.32 Å². The van der Waals surface area contributed by atoms with Gasteiger partial charge in [-0.2, -0.15) is 0 Å². The fourth-order valence-corrected chi connectivity index (χ4v) is 3.16. The molecule has 18 heavy (non-hydrogen) atoms. The van der Waals surface area contributed by atoms with E-state index in [-0.39, 0.29) is 11.6 Å². The number of fused-ring (bicyclic) bond motifs is 2. The smallest absolute Gasteiger partial charge is 0.411 e. The van der Waals surface area contributed by atoms with Crippen LogP contribution in [0.15, 0.2) is 0 Å². The summed E-state index contributed by atoms with van der Waals surface area (Å²) in [6, 6.07) is 0. The van der Waals surface area contributed by atoms with Crippen molar-refractivity contribution >= 4 is 6.09 Å². The highest BCUT2D eigenvalue weighted by Crippen LogP contribution is 2.44. The Kier molecular flexibility index (Phi) is 2.91. The number of hydrogen-bond acceptors (Lipinski definition) is 4. The molecule has 0 saturated carbocycles. The highest BCUT2D eigenvalue weighted by atomic mass is 16.6. The number of ether oxygens (including phenoxy) is 1. The van der Waals surface area contributed by atoms with Crippen LogP contribution in [0.4, 0.5) is 4.79 Å². The Balaban J connectivity index is 2.29. The van der Waals surface area contributed by atoms with Crippen molar-refractivity contribution in [3.8, 4) is 0 Å². The molecule has 1 unspecified atom stereocenters. The molecule has 5 nitrogen and oxygen atoms in total. The number of piperazine rings is 1. The number of amides is 1. The summed E-state index contributed by atoms with van der Waals surface area (Å²) in [5, 5.41) is 13.5. The minimum absolute atomic E-state index is 0.328. The van der Waals surface area contributed by atoms with E-state index in [0.29, 0.717) is 19.5 Å². The van der Waals surface area contributed by atoms with Crippen molar-refractivity contribution in [3.63, 3.8) is 0 Å². The molecule has 0 aromatic heterocycles. The Bertz CT molecular complexity index is 366. The molecule has 1 amide bonds. The van der Waals surface area contributed by atoms with Gasteiger partial charge < -0.3 is 15.2 Å². The molecule has 2 rings (SSSR count). The van der Waals surface area contributed by atoms with Crippen molar-refractivity contribution in [1.82, 2.24) is 10.2 Å². The Morgan fingerprint density at radius 1 is 1.39 bits per heavy atom. The van der Waals surface area contributed by atoms with E-state index in [1.54, 1.807) is 4.90 Å². The van der Waals surface area contributed by atoms with Crippen LogP contribution in [0.25, 0.3) is 0 Å². The van der Waals surface area contributed by atoms with E-state index in [9.17, 15) is 9.90 Å². The fourth-order valence-electron chi connectivity index (χ4n) is 3.16. The second-order valence-corrected chi connectivity index (χ2v) is 6.99. The SMILES string of the molecule is CC(C)(C)OC(=O)N1[C@@]2(C)CNC[C@@]1(C)C(O)C2. The maximum atomic E-state index is 12.4. The lowest BCUT2D eigenvalue weighted by molar-refractivity contribution is -0.0397. The third kappa shape index (κ3) is 1.99. The van der Waals surface area contributed by atoms with Gasteiger partial charge in [-0.05, 0) is 34.6 Å². The molecule has 2 fully saturated rings. The minimum atomic E-state index is -0.574. The van der Waals surface area contributed by atoms with Gasteiger partial charge in [0, 0.05) is 19.5 Å². The van der Waals surface area contributed by atoms with Crippen LogP contribution in [0.5, 0.6) is 0 Å². The second kappa shape index (κ2) is 3.84. The number of nitrogens with one attached hydrogen (secondary N) is 1. The molecule has 2 aliphatic heterocycles. The van der Waals surface area contributed by atoms with Crippen molar-refractivity contribution in [2.24, 2.45) is 0 Å². The molecule has 2 heterocycles. The Hall–Kier alpha value is -0.810. The van der Waals surface area contributed by atoms with E-state index in [1.165, 1.54) is 0 Å². The topological polar surface area (TPSA) is 61.8 Å². The largest absolute Gasteiger partial charge is 0.444 e. The number of rotatable bonds is 0. The number of hydrogen-bond donors (Lipinski definition) is 2. The summed E-state index contributed by atoms with van der Waals surface area (Å²) in [4.78, 5) is 14.1. The van der Waals surface area contributed by atoms with Gasteiger partial charge in [0.15, 0.2) is 0 Å². The molecule has 3 atom stereocenters. The summed E-state index contributed by atoms with van der Waals surface area (Å²) in [7, 11) is 0. The first kappa shape index (κ1) is 13.6. The second-order valence-electron chi connectivity index (χ2n) is 6.99. The minimum Gasteiger partial charge on any atom is -0.444 e. The normalized spacial score (nSPS) is 39.9. The van der Waals surface area contributed by atoms with Crippen molar-refractivity contribution in [3.05, 3.63) is 0 Å². The molecule has 0 aromatic rings. The molecule has 2 saturated heterocycles. The molecular weight excluding hydrogens is 232 g/mol. The lowest BCUT2D eigenvalue weighted by Gasteiger charge is -2.48. The summed E-state index contributed by atoms with van der Waals surface area (Å²) >= 11 is 0. The quantitative estimate of drug-likeness (QED) is 0.681. The Labute approximate surface area is 108 Å². The van der Waals surface area contributed by atoms with Gasteiger partial charge >= 0.3 is 6.09 Å². The third-order valence-electron chi connectivity index (χ3n) is 3.97. The number of carbonyl (C=O) groups excluding carboxylic acids is 1. The van der Waals surface area contributed by atoms with E-state index in [4.69, 9.17) is 4.74 Å². The standard InChI is InChI=1S/C13H24N2O3/c1-11(2,3)18-10(17)15-12(4)6-9(16)13(15,5)8-14-7-12/h9,14,16H,6-8H2,1-5H3/t9?,12-,13+/m1/s1. The summed E-state index contributed by atoms with van der Waals surface area (Å²) in [6.07, 6.45) is -0.244. The van der Waals surface area contributed by atoms with E-state index < -0.39 is 17.2 Å². The van der Waals surface area contributed by atoms with Gasteiger partial charge in [-0.25, -0.2) is 4.79 Å². The van der Waals surface area contributed by atoms with Crippen molar-refractivity contribution in [1.29, 1.82) is 0 Å². The summed E-state index contributed by atoms with van der Waals surface area (Å²) in [5.74, 6) is 0. The average Bonchev–Trinajstić information content (AvgIpc) is 2.23. The van der Waals surface area contributed by atoms with Crippen LogP contribution in [0, 0.1) is 0 Å². The average molecular weight is 256 g/mol. The van der Waals surface area contributed by atoms with Gasteiger partial charge in [-0.1, -0.05) is 0 Å². The highest BCUT2D eigenvalue weighted by Gasteiger charge is 2.61. The van der Waals surface area contributed by atoms with E-state index >= 15 is 0 Å². The van der Waals surface area contributed by atoms with Gasteiger partial charge in [0.2, 0.25) is 0 Å². The zero-order chi connectivity index (χ0) is 13.8. The summed E-state index contributed by atoms with van der Waals surface area (Å²) < 4.78 is 5.48. The van der Waals surface area contributed by atoms with Gasteiger partial charge in [-0.15, -0.1) is 0 Å².